The number of carboxylic acids is 2. The Balaban J connectivity index is 1.89. The Hall–Kier alpha value is -4.50. The zero-order chi connectivity index (χ0) is 29.4. The van der Waals surface area contributed by atoms with Crippen LogP contribution in [0.2, 0.25) is 0 Å². The lowest BCUT2D eigenvalue weighted by Gasteiger charge is -2.03. The minimum atomic E-state index is -0.888. The minimum absolute atomic E-state index is 0.00987. The molecule has 9 heteroatoms. The van der Waals surface area contributed by atoms with E-state index in [1.807, 2.05) is 58.0 Å². The summed E-state index contributed by atoms with van der Waals surface area (Å²) in [5.41, 5.74) is 12.9. The molecule has 0 amide bonds. The van der Waals surface area contributed by atoms with Crippen LogP contribution in [0.25, 0.3) is 44.9 Å². The number of nitrogens with zero attached hydrogens (tertiary/aromatic N) is 2. The molecule has 212 valence electrons. The molecule has 0 radical (unpaired) electrons. The summed E-state index contributed by atoms with van der Waals surface area (Å²) < 4.78 is 0. The zero-order valence-electron chi connectivity index (χ0n) is 23.7. The number of hydrogen-bond donors (Lipinski definition) is 5. The molecule has 5 heterocycles. The smallest absolute Gasteiger partial charge is 0.303 e. The monoisotopic (exact) mass is 554 g/mol. The summed E-state index contributed by atoms with van der Waals surface area (Å²) in [6.45, 7) is 7.94. The van der Waals surface area contributed by atoms with E-state index in [9.17, 15) is 24.9 Å². The largest absolute Gasteiger partial charge is 0.481 e. The second-order valence-electron chi connectivity index (χ2n) is 10.7. The number of aryl methyl sites for hydroxylation is 3. The lowest BCUT2D eigenvalue weighted by atomic mass is 10.0. The Kier molecular flexibility index (Phi) is 7.64. The van der Waals surface area contributed by atoms with Crippen molar-refractivity contribution in [3.05, 3.63) is 69.3 Å². The Morgan fingerprint density at radius 3 is 1.90 bits per heavy atom. The van der Waals surface area contributed by atoms with E-state index < -0.39 is 11.9 Å². The van der Waals surface area contributed by atoms with Gasteiger partial charge in [0.1, 0.15) is 0 Å². The van der Waals surface area contributed by atoms with Gasteiger partial charge in [0.15, 0.2) is 0 Å². The van der Waals surface area contributed by atoms with Crippen molar-refractivity contribution < 1.29 is 24.9 Å². The van der Waals surface area contributed by atoms with Crippen LogP contribution >= 0.6 is 0 Å². The molecular formula is C32H34N4O5. The van der Waals surface area contributed by atoms with Crippen LogP contribution in [0.1, 0.15) is 78.1 Å². The number of hydrogen-bond acceptors (Lipinski definition) is 5. The lowest BCUT2D eigenvalue weighted by Crippen LogP contribution is -1.98. The maximum absolute atomic E-state index is 11.5. The van der Waals surface area contributed by atoms with Crippen LogP contribution in [-0.4, -0.2) is 53.8 Å². The molecule has 9 nitrogen and oxygen atoms in total. The average Bonchev–Trinajstić information content (AvgIpc) is 3.58. The number of aliphatic hydroxyl groups is 1. The van der Waals surface area contributed by atoms with Gasteiger partial charge in [0, 0.05) is 41.5 Å². The predicted octanol–water partition coefficient (Wildman–Crippen LogP) is 5.84. The molecule has 3 aromatic rings. The molecule has 2 aliphatic heterocycles. The number of aromatic nitrogens is 4. The number of fused-ring (bicyclic) bond motifs is 8. The van der Waals surface area contributed by atoms with Crippen molar-refractivity contribution in [1.29, 1.82) is 0 Å². The van der Waals surface area contributed by atoms with Gasteiger partial charge in [-0.2, -0.15) is 0 Å². The summed E-state index contributed by atoms with van der Waals surface area (Å²) in [4.78, 5) is 39.7. The maximum atomic E-state index is 11.5. The van der Waals surface area contributed by atoms with Crippen LogP contribution in [0.3, 0.4) is 0 Å². The second kappa shape index (κ2) is 11.2. The fraction of sp³-hybridized carbons (Fsp3) is 0.312. The number of rotatable bonds is 8. The molecule has 8 bridgehead atoms. The first kappa shape index (κ1) is 28.0. The fourth-order valence-corrected chi connectivity index (χ4v) is 5.65. The van der Waals surface area contributed by atoms with Crippen LogP contribution in [0.15, 0.2) is 24.3 Å². The van der Waals surface area contributed by atoms with Crippen LogP contribution in [0.5, 0.6) is 0 Å². The Morgan fingerprint density at radius 1 is 0.707 bits per heavy atom. The number of allylic oxidation sites excluding steroid dienone is 3. The van der Waals surface area contributed by atoms with E-state index in [1.54, 1.807) is 0 Å². The SMILES string of the molecule is CC1=Cc2cc3[nH]c(cc4nc(cc5[nH]c(cc1n2)c(CCO)c5C)C(C)=C4CCC(=O)O)c(CCC(=O)O)c3C. The molecule has 0 aromatic carbocycles. The maximum Gasteiger partial charge on any atom is 0.303 e. The van der Waals surface area contributed by atoms with E-state index in [2.05, 4.69) is 9.97 Å². The summed E-state index contributed by atoms with van der Waals surface area (Å²) in [5, 5.41) is 28.6. The predicted molar refractivity (Wildman–Crippen MR) is 160 cm³/mol. The molecule has 0 aliphatic carbocycles. The van der Waals surface area contributed by atoms with Crippen molar-refractivity contribution >= 4 is 56.8 Å². The molecule has 5 N–H and O–H groups in total. The summed E-state index contributed by atoms with van der Waals surface area (Å²) in [7, 11) is 0. The van der Waals surface area contributed by atoms with Gasteiger partial charge in [0.25, 0.3) is 0 Å². The third-order valence-corrected chi connectivity index (χ3v) is 7.98. The number of aromatic amines is 2. The summed E-state index contributed by atoms with van der Waals surface area (Å²) in [6, 6.07) is 7.84. The van der Waals surface area contributed by atoms with Gasteiger partial charge in [-0.3, -0.25) is 9.59 Å². The Bertz CT molecular complexity index is 1810. The molecule has 41 heavy (non-hydrogen) atoms. The van der Waals surface area contributed by atoms with Gasteiger partial charge in [-0.25, -0.2) is 9.97 Å². The standard InChI is InChI=1S/C32H34N4O5/c1-16-11-20-12-25-17(2)21(5-7-31(38)39)29(34-25)15-30-22(6-8-32(40)41)18(3)26(36-30)14-27-19(4)23(9-10-37)28(35-27)13-24(16)33-20/h11-15,34-35,37H,5-10H2,1-4H3,(H,38,39)(H,40,41). The zero-order valence-corrected chi connectivity index (χ0v) is 23.7. The van der Waals surface area contributed by atoms with Crippen molar-refractivity contribution in [2.45, 2.75) is 59.8 Å². The van der Waals surface area contributed by atoms with E-state index in [0.29, 0.717) is 25.0 Å². The number of H-pyrrole nitrogens is 2. The third-order valence-electron chi connectivity index (χ3n) is 7.98. The van der Waals surface area contributed by atoms with Crippen molar-refractivity contribution in [3.8, 4) is 0 Å². The lowest BCUT2D eigenvalue weighted by molar-refractivity contribution is -0.137. The molecule has 5 rings (SSSR count). The highest BCUT2D eigenvalue weighted by Crippen LogP contribution is 2.35. The fourth-order valence-electron chi connectivity index (χ4n) is 5.65. The Morgan fingerprint density at radius 2 is 1.27 bits per heavy atom. The molecule has 0 atom stereocenters. The van der Waals surface area contributed by atoms with E-state index >= 15 is 0 Å². The normalized spacial score (nSPS) is 13.0. The van der Waals surface area contributed by atoms with Crippen LogP contribution in [-0.2, 0) is 22.4 Å². The Labute approximate surface area is 237 Å². The third kappa shape index (κ3) is 5.58. The minimum Gasteiger partial charge on any atom is -0.481 e. The summed E-state index contributed by atoms with van der Waals surface area (Å²) in [5.74, 6) is -1.77. The number of aliphatic hydroxyl groups excluding tert-OH is 1. The highest BCUT2D eigenvalue weighted by atomic mass is 16.4. The van der Waals surface area contributed by atoms with Gasteiger partial charge in [-0.1, -0.05) is 0 Å². The molecule has 0 saturated carbocycles. The number of aliphatic carboxylic acids is 2. The summed E-state index contributed by atoms with van der Waals surface area (Å²) in [6.07, 6.45) is 3.10. The number of carboxylic acid groups (broad SMARTS) is 2. The van der Waals surface area contributed by atoms with Crippen LogP contribution in [0.4, 0.5) is 0 Å². The van der Waals surface area contributed by atoms with Gasteiger partial charge in [0.2, 0.25) is 0 Å². The first-order valence-corrected chi connectivity index (χ1v) is 13.7. The average molecular weight is 555 g/mol. The number of carbonyl (C=O) groups is 2. The topological polar surface area (TPSA) is 152 Å². The van der Waals surface area contributed by atoms with Crippen LogP contribution in [0, 0.1) is 13.8 Å². The molecule has 0 fully saturated rings. The van der Waals surface area contributed by atoms with Gasteiger partial charge in [0.05, 0.1) is 22.8 Å². The molecule has 3 aromatic heterocycles. The van der Waals surface area contributed by atoms with Gasteiger partial charge < -0.3 is 25.3 Å². The molecule has 2 aliphatic rings. The highest BCUT2D eigenvalue weighted by Gasteiger charge is 2.20. The van der Waals surface area contributed by atoms with Crippen LogP contribution < -0.4 is 0 Å². The quantitative estimate of drug-likeness (QED) is 0.234. The van der Waals surface area contributed by atoms with Gasteiger partial charge in [-0.15, -0.1) is 0 Å². The molecular weight excluding hydrogens is 520 g/mol. The first-order valence-electron chi connectivity index (χ1n) is 13.7. The van der Waals surface area contributed by atoms with E-state index in [0.717, 1.165) is 78.1 Å². The molecule has 0 spiro atoms. The van der Waals surface area contributed by atoms with Crippen molar-refractivity contribution in [1.82, 2.24) is 19.9 Å². The highest BCUT2D eigenvalue weighted by molar-refractivity contribution is 5.94. The van der Waals surface area contributed by atoms with Crippen molar-refractivity contribution in [2.24, 2.45) is 0 Å². The summed E-state index contributed by atoms with van der Waals surface area (Å²) >= 11 is 0. The van der Waals surface area contributed by atoms with E-state index in [1.165, 1.54) is 0 Å². The van der Waals surface area contributed by atoms with E-state index in [-0.39, 0.29) is 19.4 Å². The van der Waals surface area contributed by atoms with Gasteiger partial charge in [-0.05, 0) is 116 Å². The molecule has 0 saturated heterocycles. The van der Waals surface area contributed by atoms with Gasteiger partial charge >= 0.3 is 11.9 Å². The van der Waals surface area contributed by atoms with Crippen molar-refractivity contribution in [2.75, 3.05) is 6.61 Å². The first-order chi connectivity index (χ1) is 19.5. The van der Waals surface area contributed by atoms with Crippen molar-refractivity contribution in [3.63, 3.8) is 0 Å². The number of nitrogens with one attached hydrogen (secondary N) is 2. The second-order valence-corrected chi connectivity index (χ2v) is 10.7. The molecule has 0 unspecified atom stereocenters. The van der Waals surface area contributed by atoms with E-state index in [4.69, 9.17) is 9.97 Å².